The van der Waals surface area contributed by atoms with Gasteiger partial charge >= 0.3 is 0 Å². The normalized spacial score (nSPS) is 14.6. The summed E-state index contributed by atoms with van der Waals surface area (Å²) < 4.78 is 7.21. The van der Waals surface area contributed by atoms with Crippen molar-refractivity contribution in [2.75, 3.05) is 6.54 Å². The first-order valence-corrected chi connectivity index (χ1v) is 9.87. The third-order valence-electron chi connectivity index (χ3n) is 5.29. The Kier molecular flexibility index (Phi) is 4.35. The van der Waals surface area contributed by atoms with E-state index in [1.807, 2.05) is 25.6 Å². The minimum absolute atomic E-state index is 0.270. The van der Waals surface area contributed by atoms with E-state index in [1.165, 1.54) is 5.56 Å². The van der Waals surface area contributed by atoms with Crippen LogP contribution in [0, 0.1) is 0 Å². The lowest BCUT2D eigenvalue weighted by Gasteiger charge is -2.27. The van der Waals surface area contributed by atoms with E-state index >= 15 is 0 Å². The van der Waals surface area contributed by atoms with Gasteiger partial charge in [0.1, 0.15) is 0 Å². The zero-order valence-corrected chi connectivity index (χ0v) is 16.8. The third kappa shape index (κ3) is 3.51. The fourth-order valence-electron chi connectivity index (χ4n) is 3.70. The maximum Gasteiger partial charge on any atom is 0.240 e. The number of nitrogens with zero attached hydrogens (tertiary/aromatic N) is 7. The summed E-state index contributed by atoms with van der Waals surface area (Å²) in [4.78, 5) is 16.2. The van der Waals surface area contributed by atoms with Crippen molar-refractivity contribution in [1.82, 2.24) is 34.8 Å². The number of hydrogen-bond acceptors (Lipinski definition) is 7. The largest absolute Gasteiger partial charge is 0.338 e. The molecule has 148 valence electrons. The number of hydrogen-bond donors (Lipinski definition) is 0. The molecule has 0 aromatic carbocycles. The molecule has 8 heteroatoms. The summed E-state index contributed by atoms with van der Waals surface area (Å²) in [6, 6.07) is 4.35. The molecule has 0 bridgehead atoms. The Hall–Kier alpha value is -3.13. The standard InChI is InChI=1S/C21H23N7O/c1-13(2)20-25-19(29-26-20)12-28-5-4-18-16(11-28)7-14-6-15(8-22-21(14)24-18)17-9-23-27(3)10-17/h6-10,13H,4-5,11-12H2,1-3H3. The smallest absolute Gasteiger partial charge is 0.240 e. The molecule has 29 heavy (non-hydrogen) atoms. The summed E-state index contributed by atoms with van der Waals surface area (Å²) in [5.74, 6) is 1.71. The topological polar surface area (TPSA) is 85.8 Å². The summed E-state index contributed by atoms with van der Waals surface area (Å²) in [5, 5.41) is 9.37. The third-order valence-corrected chi connectivity index (χ3v) is 5.29. The first kappa shape index (κ1) is 17.9. The predicted molar refractivity (Wildman–Crippen MR) is 108 cm³/mol. The van der Waals surface area contributed by atoms with Gasteiger partial charge in [0.25, 0.3) is 0 Å². The van der Waals surface area contributed by atoms with E-state index in [-0.39, 0.29) is 5.92 Å². The number of aromatic nitrogens is 6. The van der Waals surface area contributed by atoms with Crippen LogP contribution in [0.5, 0.6) is 0 Å². The quantitative estimate of drug-likeness (QED) is 0.530. The molecule has 5 heterocycles. The van der Waals surface area contributed by atoms with Crippen molar-refractivity contribution in [2.45, 2.75) is 39.3 Å². The molecule has 4 aromatic rings. The fourth-order valence-corrected chi connectivity index (χ4v) is 3.70. The minimum Gasteiger partial charge on any atom is -0.338 e. The highest BCUT2D eigenvalue weighted by Crippen LogP contribution is 2.26. The van der Waals surface area contributed by atoms with E-state index in [9.17, 15) is 0 Å². The molecule has 8 nitrogen and oxygen atoms in total. The molecule has 0 unspecified atom stereocenters. The molecule has 0 saturated heterocycles. The SMILES string of the molecule is CC(C)c1noc(CN2CCc3nc4ncc(-c5cnn(C)c5)cc4cc3C2)n1. The average Bonchev–Trinajstić information content (AvgIpc) is 3.35. The van der Waals surface area contributed by atoms with E-state index in [0.29, 0.717) is 12.4 Å². The second kappa shape index (κ2) is 7.04. The van der Waals surface area contributed by atoms with Crippen LogP contribution < -0.4 is 0 Å². The van der Waals surface area contributed by atoms with E-state index in [1.54, 1.807) is 4.68 Å². The molecular formula is C21H23N7O. The second-order valence-corrected chi connectivity index (χ2v) is 7.93. The summed E-state index contributed by atoms with van der Waals surface area (Å²) in [7, 11) is 1.91. The Balaban J connectivity index is 1.40. The highest BCUT2D eigenvalue weighted by molar-refractivity contribution is 5.81. The highest BCUT2D eigenvalue weighted by Gasteiger charge is 2.21. The van der Waals surface area contributed by atoms with Gasteiger partial charge in [-0.05, 0) is 17.7 Å². The van der Waals surface area contributed by atoms with Gasteiger partial charge in [0.05, 0.1) is 12.7 Å². The first-order valence-electron chi connectivity index (χ1n) is 9.87. The first-order chi connectivity index (χ1) is 14.0. The Morgan fingerprint density at radius 3 is 2.79 bits per heavy atom. The van der Waals surface area contributed by atoms with Gasteiger partial charge in [-0.2, -0.15) is 10.1 Å². The van der Waals surface area contributed by atoms with Gasteiger partial charge < -0.3 is 4.52 Å². The highest BCUT2D eigenvalue weighted by atomic mass is 16.5. The molecule has 0 spiro atoms. The lowest BCUT2D eigenvalue weighted by Crippen LogP contribution is -2.30. The van der Waals surface area contributed by atoms with Gasteiger partial charge in [-0.25, -0.2) is 9.97 Å². The maximum atomic E-state index is 5.42. The molecule has 0 N–H and O–H groups in total. The van der Waals surface area contributed by atoms with Crippen LogP contribution in [-0.2, 0) is 26.6 Å². The molecule has 0 aliphatic carbocycles. The molecule has 1 aliphatic heterocycles. The Bertz CT molecular complexity index is 1180. The number of pyridine rings is 2. The van der Waals surface area contributed by atoms with Crippen LogP contribution in [-0.4, -0.2) is 41.3 Å². The number of aryl methyl sites for hydroxylation is 1. The van der Waals surface area contributed by atoms with Gasteiger partial charge in [0.2, 0.25) is 5.89 Å². The van der Waals surface area contributed by atoms with Crippen molar-refractivity contribution >= 4 is 11.0 Å². The van der Waals surface area contributed by atoms with Crippen molar-refractivity contribution in [2.24, 2.45) is 7.05 Å². The Morgan fingerprint density at radius 1 is 1.14 bits per heavy atom. The van der Waals surface area contributed by atoms with Gasteiger partial charge in [-0.1, -0.05) is 19.0 Å². The van der Waals surface area contributed by atoms with Gasteiger partial charge in [-0.3, -0.25) is 9.58 Å². The van der Waals surface area contributed by atoms with Crippen LogP contribution in [0.1, 0.15) is 42.7 Å². The second-order valence-electron chi connectivity index (χ2n) is 7.93. The molecule has 0 amide bonds. The van der Waals surface area contributed by atoms with Crippen LogP contribution in [0.3, 0.4) is 0 Å². The van der Waals surface area contributed by atoms with Gasteiger partial charge in [-0.15, -0.1) is 0 Å². The van der Waals surface area contributed by atoms with Gasteiger partial charge in [0.15, 0.2) is 11.5 Å². The monoisotopic (exact) mass is 389 g/mol. The van der Waals surface area contributed by atoms with Crippen LogP contribution in [0.25, 0.3) is 22.2 Å². The molecular weight excluding hydrogens is 366 g/mol. The van der Waals surface area contributed by atoms with Crippen molar-refractivity contribution < 1.29 is 4.52 Å². The van der Waals surface area contributed by atoms with Crippen molar-refractivity contribution in [3.8, 4) is 11.1 Å². The molecule has 4 aromatic heterocycles. The van der Waals surface area contributed by atoms with Crippen molar-refractivity contribution in [3.63, 3.8) is 0 Å². The molecule has 0 fully saturated rings. The predicted octanol–water partition coefficient (Wildman–Crippen LogP) is 3.10. The van der Waals surface area contributed by atoms with E-state index in [4.69, 9.17) is 9.51 Å². The van der Waals surface area contributed by atoms with Crippen molar-refractivity contribution in [3.05, 3.63) is 53.7 Å². The molecule has 5 rings (SSSR count). The lowest BCUT2D eigenvalue weighted by atomic mass is 10.0. The van der Waals surface area contributed by atoms with Crippen LogP contribution in [0.2, 0.25) is 0 Å². The Labute approximate surface area is 168 Å². The zero-order chi connectivity index (χ0) is 20.0. The zero-order valence-electron chi connectivity index (χ0n) is 16.8. The molecule has 0 saturated carbocycles. The number of fused-ring (bicyclic) bond motifs is 2. The summed E-state index contributed by atoms with van der Waals surface area (Å²) in [5.41, 5.74) is 5.26. The number of rotatable bonds is 4. The summed E-state index contributed by atoms with van der Waals surface area (Å²) in [6.45, 7) is 6.52. The van der Waals surface area contributed by atoms with Crippen LogP contribution in [0.4, 0.5) is 0 Å². The molecule has 0 atom stereocenters. The summed E-state index contributed by atoms with van der Waals surface area (Å²) in [6.07, 6.45) is 6.61. The average molecular weight is 389 g/mol. The summed E-state index contributed by atoms with van der Waals surface area (Å²) >= 11 is 0. The van der Waals surface area contributed by atoms with Gasteiger partial charge in [0, 0.05) is 67.1 Å². The molecule has 1 aliphatic rings. The minimum atomic E-state index is 0.270. The van der Waals surface area contributed by atoms with Crippen LogP contribution in [0.15, 0.2) is 35.2 Å². The van der Waals surface area contributed by atoms with E-state index < -0.39 is 0 Å². The molecule has 0 radical (unpaired) electrons. The lowest BCUT2D eigenvalue weighted by molar-refractivity contribution is 0.209. The van der Waals surface area contributed by atoms with Crippen molar-refractivity contribution in [1.29, 1.82) is 0 Å². The van der Waals surface area contributed by atoms with E-state index in [0.717, 1.165) is 53.2 Å². The maximum absolute atomic E-state index is 5.42. The Morgan fingerprint density at radius 2 is 2.03 bits per heavy atom. The van der Waals surface area contributed by atoms with Crippen LogP contribution >= 0.6 is 0 Å². The fraction of sp³-hybridized carbons (Fsp3) is 0.381. The van der Waals surface area contributed by atoms with E-state index in [2.05, 4.69) is 51.1 Å².